The summed E-state index contributed by atoms with van der Waals surface area (Å²) in [6.45, 7) is 7.58. The number of hydroxylamine groups is 2. The van der Waals surface area contributed by atoms with E-state index in [1.54, 1.807) is 13.0 Å². The molecule has 0 fully saturated rings. The molecule has 1 aliphatic rings. The van der Waals surface area contributed by atoms with Crippen molar-refractivity contribution in [1.29, 1.82) is 0 Å². The van der Waals surface area contributed by atoms with Gasteiger partial charge in [-0.25, -0.2) is 24.2 Å². The van der Waals surface area contributed by atoms with Gasteiger partial charge in [-0.15, -0.1) is 0 Å². The number of sulfonamides is 1. The van der Waals surface area contributed by atoms with Crippen LogP contribution in [0.15, 0.2) is 77.7 Å². The maximum absolute atomic E-state index is 12.4. The van der Waals surface area contributed by atoms with Gasteiger partial charge in [0.25, 0.3) is 11.8 Å². The van der Waals surface area contributed by atoms with Crippen LogP contribution in [0.5, 0.6) is 0 Å². The molecular formula is C34H43ClN4O8S. The van der Waals surface area contributed by atoms with Gasteiger partial charge >= 0.3 is 6.09 Å². The molecule has 0 radical (unpaired) electrons. The SMILES string of the molecule is CC[C@H](C)C(NS(=O)(=O)c1cccc(Cl)c1)C(=O)NO.CC[C@H](C)[C@@H](NC(=O)OCC1c2ccccc2-c2ccccc21)C(=O)NOC. The molecule has 0 aromatic heterocycles. The number of benzene rings is 3. The second-order valence-corrected chi connectivity index (χ2v) is 13.6. The molecule has 12 nitrogen and oxygen atoms in total. The topological polar surface area (TPSA) is 172 Å². The Bertz CT molecular complexity index is 1630. The van der Waals surface area contributed by atoms with Crippen molar-refractivity contribution < 1.29 is 37.6 Å². The Morgan fingerprint density at radius 1 is 0.854 bits per heavy atom. The number of nitrogens with one attached hydrogen (secondary N) is 4. The van der Waals surface area contributed by atoms with Crippen LogP contribution < -0.4 is 21.0 Å². The molecule has 48 heavy (non-hydrogen) atoms. The zero-order valence-corrected chi connectivity index (χ0v) is 29.1. The van der Waals surface area contributed by atoms with E-state index >= 15 is 0 Å². The Morgan fingerprint density at radius 2 is 1.42 bits per heavy atom. The molecular weight excluding hydrogens is 660 g/mol. The first kappa shape index (κ1) is 38.4. The summed E-state index contributed by atoms with van der Waals surface area (Å²) in [7, 11) is -2.54. The number of carbonyl (C=O) groups excluding carboxylic acids is 3. The predicted molar refractivity (Wildman–Crippen MR) is 182 cm³/mol. The second kappa shape index (κ2) is 17.9. The van der Waals surface area contributed by atoms with E-state index in [2.05, 4.69) is 44.6 Å². The quantitative estimate of drug-likeness (QED) is 0.120. The zero-order chi connectivity index (χ0) is 35.4. The van der Waals surface area contributed by atoms with Gasteiger partial charge in [0.2, 0.25) is 10.0 Å². The Morgan fingerprint density at radius 3 is 1.94 bits per heavy atom. The average Bonchev–Trinajstić information content (AvgIpc) is 3.41. The molecule has 0 saturated heterocycles. The fourth-order valence-electron chi connectivity index (χ4n) is 5.24. The van der Waals surface area contributed by atoms with E-state index in [-0.39, 0.29) is 34.3 Å². The molecule has 1 aliphatic carbocycles. The Hall–Kier alpha value is -4.01. The van der Waals surface area contributed by atoms with Crippen LogP contribution in [0.3, 0.4) is 0 Å². The summed E-state index contributed by atoms with van der Waals surface area (Å²) in [6, 6.07) is 20.2. The van der Waals surface area contributed by atoms with Crippen LogP contribution in [0, 0.1) is 11.8 Å². The van der Waals surface area contributed by atoms with E-state index in [9.17, 15) is 22.8 Å². The van der Waals surface area contributed by atoms with E-state index in [0.717, 1.165) is 17.5 Å². The number of carbonyl (C=O) groups is 3. The van der Waals surface area contributed by atoms with Crippen molar-refractivity contribution >= 4 is 39.5 Å². The van der Waals surface area contributed by atoms with Crippen LogP contribution in [0.25, 0.3) is 11.1 Å². The lowest BCUT2D eigenvalue weighted by atomic mass is 9.98. The van der Waals surface area contributed by atoms with Gasteiger partial charge in [0, 0.05) is 10.9 Å². The largest absolute Gasteiger partial charge is 0.449 e. The van der Waals surface area contributed by atoms with Gasteiger partial charge in [-0.2, -0.15) is 4.72 Å². The highest BCUT2D eigenvalue weighted by Crippen LogP contribution is 2.44. The van der Waals surface area contributed by atoms with Gasteiger partial charge in [-0.05, 0) is 52.3 Å². The van der Waals surface area contributed by atoms with Crippen LogP contribution in [0.4, 0.5) is 4.79 Å². The highest BCUT2D eigenvalue weighted by molar-refractivity contribution is 7.89. The Kier molecular flexibility index (Phi) is 14.4. The van der Waals surface area contributed by atoms with Gasteiger partial charge < -0.3 is 10.1 Å². The van der Waals surface area contributed by atoms with E-state index in [1.165, 1.54) is 41.9 Å². The first-order valence-corrected chi connectivity index (χ1v) is 17.4. The summed E-state index contributed by atoms with van der Waals surface area (Å²) in [5.74, 6) is -1.56. The highest BCUT2D eigenvalue weighted by atomic mass is 35.5. The summed E-state index contributed by atoms with van der Waals surface area (Å²) in [5, 5.41) is 11.7. The summed E-state index contributed by atoms with van der Waals surface area (Å²) >= 11 is 5.76. The third kappa shape index (κ3) is 9.77. The zero-order valence-electron chi connectivity index (χ0n) is 27.5. The molecule has 0 spiro atoms. The van der Waals surface area contributed by atoms with Crippen molar-refractivity contribution in [1.82, 2.24) is 21.0 Å². The number of halogens is 1. The van der Waals surface area contributed by atoms with Gasteiger partial charge in [-0.3, -0.25) is 19.6 Å². The minimum absolute atomic E-state index is 0.0204. The lowest BCUT2D eigenvalue weighted by Gasteiger charge is -2.23. The van der Waals surface area contributed by atoms with Gasteiger partial charge in [-0.1, -0.05) is 107 Å². The normalized spacial score (nSPS) is 14.6. The molecule has 1 unspecified atom stereocenters. The van der Waals surface area contributed by atoms with E-state index < -0.39 is 40.0 Å². The van der Waals surface area contributed by atoms with Crippen LogP contribution >= 0.6 is 11.6 Å². The molecule has 0 heterocycles. The first-order valence-electron chi connectivity index (χ1n) is 15.5. The maximum Gasteiger partial charge on any atom is 0.407 e. The molecule has 3 aromatic rings. The molecule has 3 amide bonds. The standard InChI is InChI=1S/C22H26N2O4.C12H17ClN2O4S/c1-4-14(2)20(21(25)24-27-3)23-22(26)28-13-19-17-11-7-5-9-15(17)16-10-6-8-12-18(16)19;1-3-8(2)11(12(16)14-17)15-20(18,19)10-6-4-5-9(13)7-10/h5-12,14,19-20H,4,13H2,1-3H3,(H,23,26)(H,24,25);4-8,11,15,17H,3H2,1-2H3,(H,14,16)/t14-,20+;8-,11?/m00/s1. The number of rotatable bonds is 13. The summed E-state index contributed by atoms with van der Waals surface area (Å²) in [4.78, 5) is 40.8. The van der Waals surface area contributed by atoms with Gasteiger partial charge in [0.1, 0.15) is 18.7 Å². The third-order valence-electron chi connectivity index (χ3n) is 8.31. The lowest BCUT2D eigenvalue weighted by molar-refractivity contribution is -0.134. The fraction of sp³-hybridized carbons (Fsp3) is 0.382. The Labute approximate surface area is 286 Å². The number of ether oxygens (including phenoxy) is 1. The second-order valence-electron chi connectivity index (χ2n) is 11.4. The summed E-state index contributed by atoms with van der Waals surface area (Å²) < 4.78 is 32.2. The van der Waals surface area contributed by atoms with Gasteiger partial charge in [0.15, 0.2) is 0 Å². The number of alkyl carbamates (subject to hydrolysis) is 1. The number of fused-ring (bicyclic) bond motifs is 3. The maximum atomic E-state index is 12.4. The minimum atomic E-state index is -3.90. The number of amides is 3. The molecule has 14 heteroatoms. The molecule has 260 valence electrons. The van der Waals surface area contributed by atoms with Crippen LogP contribution in [-0.4, -0.2) is 57.3 Å². The lowest BCUT2D eigenvalue weighted by Crippen LogP contribution is -2.50. The van der Waals surface area contributed by atoms with E-state index in [0.29, 0.717) is 6.42 Å². The van der Waals surface area contributed by atoms with Crippen molar-refractivity contribution in [2.75, 3.05) is 13.7 Å². The molecule has 4 rings (SSSR count). The summed E-state index contributed by atoms with van der Waals surface area (Å²) in [5.41, 5.74) is 8.39. The van der Waals surface area contributed by atoms with Crippen LogP contribution in [-0.2, 0) is 29.2 Å². The van der Waals surface area contributed by atoms with Crippen molar-refractivity contribution in [2.24, 2.45) is 11.8 Å². The van der Waals surface area contributed by atoms with Crippen LogP contribution in [0.1, 0.15) is 57.6 Å². The predicted octanol–water partition coefficient (Wildman–Crippen LogP) is 5.16. The molecule has 3 aromatic carbocycles. The van der Waals surface area contributed by atoms with Crippen molar-refractivity contribution in [3.05, 3.63) is 88.9 Å². The number of hydrogen-bond donors (Lipinski definition) is 5. The third-order valence-corrected chi connectivity index (χ3v) is 9.98. The molecule has 0 bridgehead atoms. The van der Waals surface area contributed by atoms with Crippen LogP contribution in [0.2, 0.25) is 5.02 Å². The van der Waals surface area contributed by atoms with E-state index in [1.807, 2.05) is 45.0 Å². The molecule has 4 atom stereocenters. The molecule has 5 N–H and O–H groups in total. The first-order chi connectivity index (χ1) is 22.9. The van der Waals surface area contributed by atoms with Crippen molar-refractivity contribution in [3.8, 4) is 11.1 Å². The van der Waals surface area contributed by atoms with Crippen molar-refractivity contribution in [3.63, 3.8) is 0 Å². The highest BCUT2D eigenvalue weighted by Gasteiger charge is 2.31. The summed E-state index contributed by atoms with van der Waals surface area (Å²) in [6.07, 6.45) is 0.681. The number of hydrogen-bond acceptors (Lipinski definition) is 8. The van der Waals surface area contributed by atoms with E-state index in [4.69, 9.17) is 21.5 Å². The smallest absolute Gasteiger partial charge is 0.407 e. The average molecular weight is 703 g/mol. The Balaban J connectivity index is 0.000000277. The van der Waals surface area contributed by atoms with Crippen molar-refractivity contribution in [2.45, 2.75) is 63.4 Å². The fourth-order valence-corrected chi connectivity index (χ4v) is 6.84. The van der Waals surface area contributed by atoms with Gasteiger partial charge in [0.05, 0.1) is 12.0 Å². The minimum Gasteiger partial charge on any atom is -0.449 e. The molecule has 0 saturated carbocycles. The monoisotopic (exact) mass is 702 g/mol. The molecule has 0 aliphatic heterocycles.